The Hall–Kier alpha value is -0.120. The van der Waals surface area contributed by atoms with Crippen molar-refractivity contribution in [2.75, 3.05) is 0 Å². The van der Waals surface area contributed by atoms with Gasteiger partial charge in [-0.25, -0.2) is 10.4 Å². The van der Waals surface area contributed by atoms with E-state index < -0.39 is 0 Å². The molecule has 1 saturated carbocycles. The summed E-state index contributed by atoms with van der Waals surface area (Å²) in [6.45, 7) is 4.59. The van der Waals surface area contributed by atoms with Gasteiger partial charge in [-0.2, -0.15) is 0 Å². The smallest absolute Gasteiger partial charge is 0.0706 e. The van der Waals surface area contributed by atoms with Crippen LogP contribution >= 0.6 is 0 Å². The van der Waals surface area contributed by atoms with Crippen LogP contribution in [-0.4, -0.2) is 34.3 Å². The van der Waals surface area contributed by atoms with Gasteiger partial charge < -0.3 is 5.11 Å². The zero-order valence-corrected chi connectivity index (χ0v) is 11.4. The lowest BCUT2D eigenvalue weighted by Gasteiger charge is -2.42. The summed E-state index contributed by atoms with van der Waals surface area (Å²) >= 11 is 0. The fourth-order valence-corrected chi connectivity index (χ4v) is 3.31. The van der Waals surface area contributed by atoms with Gasteiger partial charge in [0, 0.05) is 18.1 Å². The van der Waals surface area contributed by atoms with Gasteiger partial charge in [0.25, 0.3) is 0 Å². The number of aliphatic hydroxyl groups excluding tert-OH is 1. The van der Waals surface area contributed by atoms with Crippen LogP contribution in [0.3, 0.4) is 0 Å². The van der Waals surface area contributed by atoms with Gasteiger partial charge in [-0.05, 0) is 39.5 Å². The van der Waals surface area contributed by atoms with Crippen molar-refractivity contribution in [3.63, 3.8) is 0 Å². The molecule has 1 aliphatic heterocycles. The molecule has 2 fully saturated rings. The number of aliphatic hydroxyl groups is 1. The van der Waals surface area contributed by atoms with E-state index in [1.165, 1.54) is 38.5 Å². The molecule has 17 heavy (non-hydrogen) atoms. The first-order valence-electron chi connectivity index (χ1n) is 7.41. The van der Waals surface area contributed by atoms with E-state index in [1.807, 2.05) is 0 Å². The number of nitrogens with zero attached hydrogens (tertiary/aromatic N) is 1. The predicted molar refractivity (Wildman–Crippen MR) is 70.6 cm³/mol. The molecule has 0 aromatic heterocycles. The van der Waals surface area contributed by atoms with Crippen LogP contribution < -0.4 is 5.43 Å². The molecule has 2 N–H and O–H groups in total. The molecule has 0 aromatic carbocycles. The molecule has 0 aromatic rings. The van der Waals surface area contributed by atoms with Crippen molar-refractivity contribution in [3.8, 4) is 0 Å². The Morgan fingerprint density at radius 3 is 2.24 bits per heavy atom. The van der Waals surface area contributed by atoms with E-state index >= 15 is 0 Å². The highest BCUT2D eigenvalue weighted by atomic mass is 16.3. The molecule has 0 radical (unpaired) electrons. The summed E-state index contributed by atoms with van der Waals surface area (Å²) < 4.78 is 0. The Kier molecular flexibility index (Phi) is 4.83. The molecule has 0 amide bonds. The molecule has 1 heterocycles. The second kappa shape index (κ2) is 6.17. The van der Waals surface area contributed by atoms with Crippen LogP contribution in [0.2, 0.25) is 0 Å². The van der Waals surface area contributed by atoms with E-state index in [1.54, 1.807) is 0 Å². The van der Waals surface area contributed by atoms with E-state index in [4.69, 9.17) is 0 Å². The zero-order valence-electron chi connectivity index (χ0n) is 11.4. The maximum Gasteiger partial charge on any atom is 0.0706 e. The third-order valence-electron chi connectivity index (χ3n) is 4.49. The second-order valence-corrected chi connectivity index (χ2v) is 5.98. The van der Waals surface area contributed by atoms with Crippen molar-refractivity contribution < 1.29 is 5.11 Å². The average molecular weight is 240 g/mol. The van der Waals surface area contributed by atoms with E-state index in [0.29, 0.717) is 12.1 Å². The fraction of sp³-hybridized carbons (Fsp3) is 1.00. The molecule has 2 rings (SSSR count). The third-order valence-corrected chi connectivity index (χ3v) is 4.49. The lowest BCUT2D eigenvalue weighted by molar-refractivity contribution is -0.00447. The lowest BCUT2D eigenvalue weighted by atomic mass is 9.99. The van der Waals surface area contributed by atoms with Crippen LogP contribution in [0, 0.1) is 0 Å². The molecule has 4 unspecified atom stereocenters. The minimum absolute atomic E-state index is 0.154. The highest BCUT2D eigenvalue weighted by molar-refractivity contribution is 4.83. The molecule has 2 aliphatic rings. The molecule has 3 nitrogen and oxygen atoms in total. The monoisotopic (exact) mass is 240 g/mol. The van der Waals surface area contributed by atoms with E-state index in [-0.39, 0.29) is 12.1 Å². The molecule has 4 atom stereocenters. The van der Waals surface area contributed by atoms with E-state index in [2.05, 4.69) is 24.3 Å². The Labute approximate surface area is 106 Å². The van der Waals surface area contributed by atoms with Gasteiger partial charge in [0.1, 0.15) is 0 Å². The van der Waals surface area contributed by atoms with Gasteiger partial charge in [0.05, 0.1) is 6.10 Å². The molecule has 1 saturated heterocycles. The van der Waals surface area contributed by atoms with E-state index in [0.717, 1.165) is 12.8 Å². The highest BCUT2D eigenvalue weighted by Gasteiger charge is 2.29. The quantitative estimate of drug-likeness (QED) is 0.728. The first-order chi connectivity index (χ1) is 8.18. The van der Waals surface area contributed by atoms with Gasteiger partial charge in [-0.3, -0.25) is 0 Å². The van der Waals surface area contributed by atoms with Crippen molar-refractivity contribution in [1.29, 1.82) is 0 Å². The fourth-order valence-electron chi connectivity index (χ4n) is 3.31. The lowest BCUT2D eigenvalue weighted by Crippen LogP contribution is -2.57. The number of hydrogen-bond acceptors (Lipinski definition) is 3. The van der Waals surface area contributed by atoms with Crippen molar-refractivity contribution in [1.82, 2.24) is 10.4 Å². The molecule has 3 heteroatoms. The minimum atomic E-state index is -0.154. The number of rotatable bonds is 2. The number of hydrazine groups is 1. The first kappa shape index (κ1) is 13.3. The standard InChI is InChI=1S/C14H28N2O/c1-11-7-6-8-12(2)16(11)15-13-9-4-3-5-10-14(13)17/h11-15,17H,3-10H2,1-2H3. The molecular weight excluding hydrogens is 212 g/mol. The van der Waals surface area contributed by atoms with Gasteiger partial charge in [-0.1, -0.05) is 25.7 Å². The first-order valence-corrected chi connectivity index (χ1v) is 7.41. The van der Waals surface area contributed by atoms with Crippen LogP contribution in [0.1, 0.15) is 65.2 Å². The molecule has 0 spiro atoms. The van der Waals surface area contributed by atoms with Crippen molar-refractivity contribution in [2.45, 2.75) is 89.4 Å². The normalized spacial score (nSPS) is 41.1. The minimum Gasteiger partial charge on any atom is -0.391 e. The zero-order chi connectivity index (χ0) is 12.3. The second-order valence-electron chi connectivity index (χ2n) is 5.98. The summed E-state index contributed by atoms with van der Waals surface area (Å²) in [4.78, 5) is 0. The average Bonchev–Trinajstić information content (AvgIpc) is 2.49. The summed E-state index contributed by atoms with van der Waals surface area (Å²) in [7, 11) is 0. The molecule has 100 valence electrons. The van der Waals surface area contributed by atoms with Crippen LogP contribution in [0.4, 0.5) is 0 Å². The Morgan fingerprint density at radius 2 is 1.53 bits per heavy atom. The van der Waals surface area contributed by atoms with Crippen molar-refractivity contribution >= 4 is 0 Å². The predicted octanol–water partition coefficient (Wildman–Crippen LogP) is 2.45. The topological polar surface area (TPSA) is 35.5 Å². The number of piperidine rings is 1. The van der Waals surface area contributed by atoms with Crippen LogP contribution in [0.15, 0.2) is 0 Å². The van der Waals surface area contributed by atoms with Crippen LogP contribution in [0.5, 0.6) is 0 Å². The maximum atomic E-state index is 10.2. The number of hydrogen-bond donors (Lipinski definition) is 2. The SMILES string of the molecule is CC1CCCC(C)N1NC1CCCCCC1O. The van der Waals surface area contributed by atoms with Crippen LogP contribution in [0.25, 0.3) is 0 Å². The highest BCUT2D eigenvalue weighted by Crippen LogP contribution is 2.23. The van der Waals surface area contributed by atoms with Crippen molar-refractivity contribution in [2.24, 2.45) is 0 Å². The Bertz CT molecular complexity index is 224. The van der Waals surface area contributed by atoms with Gasteiger partial charge in [0.15, 0.2) is 0 Å². The summed E-state index contributed by atoms with van der Waals surface area (Å²) in [6, 6.07) is 1.49. The van der Waals surface area contributed by atoms with Gasteiger partial charge >= 0.3 is 0 Å². The summed E-state index contributed by atoms with van der Waals surface area (Å²) in [6.07, 6.45) is 9.55. The Balaban J connectivity index is 1.92. The Morgan fingerprint density at radius 1 is 0.882 bits per heavy atom. The number of nitrogens with one attached hydrogen (secondary N) is 1. The third kappa shape index (κ3) is 3.43. The summed E-state index contributed by atoms with van der Waals surface area (Å²) in [5, 5.41) is 12.6. The molecule has 0 bridgehead atoms. The summed E-state index contributed by atoms with van der Waals surface area (Å²) in [5.74, 6) is 0. The van der Waals surface area contributed by atoms with Crippen molar-refractivity contribution in [3.05, 3.63) is 0 Å². The molecular formula is C14H28N2O. The van der Waals surface area contributed by atoms with E-state index in [9.17, 15) is 5.11 Å². The maximum absolute atomic E-state index is 10.2. The largest absolute Gasteiger partial charge is 0.391 e. The van der Waals surface area contributed by atoms with Gasteiger partial charge in [-0.15, -0.1) is 0 Å². The van der Waals surface area contributed by atoms with Crippen LogP contribution in [-0.2, 0) is 0 Å². The van der Waals surface area contributed by atoms with Gasteiger partial charge in [0.2, 0.25) is 0 Å². The summed E-state index contributed by atoms with van der Waals surface area (Å²) in [5.41, 5.74) is 3.63. The molecule has 1 aliphatic carbocycles.